The van der Waals surface area contributed by atoms with Crippen molar-refractivity contribution in [3.63, 3.8) is 0 Å². The van der Waals surface area contributed by atoms with Gasteiger partial charge in [-0.1, -0.05) is 5.16 Å². The maximum Gasteiger partial charge on any atom is 0.273 e. The number of anilines is 2. The van der Waals surface area contributed by atoms with Crippen LogP contribution in [0.1, 0.15) is 16.3 Å². The third kappa shape index (κ3) is 4.90. The Morgan fingerprint density at radius 2 is 2.07 bits per heavy atom. The van der Waals surface area contributed by atoms with Crippen LogP contribution in [0.25, 0.3) is 11.3 Å². The fourth-order valence-electron chi connectivity index (χ4n) is 3.08. The Kier molecular flexibility index (Phi) is 6.14. The number of hydrogen-bond donors (Lipinski definition) is 2. The van der Waals surface area contributed by atoms with E-state index < -0.39 is 0 Å². The highest BCUT2D eigenvalue weighted by atomic mass is 16.5. The molecule has 0 aliphatic carbocycles. The van der Waals surface area contributed by atoms with Crippen LogP contribution in [0.3, 0.4) is 0 Å². The first kappa shape index (κ1) is 19.8. The van der Waals surface area contributed by atoms with Crippen LogP contribution in [0.4, 0.5) is 11.6 Å². The third-order valence-corrected chi connectivity index (χ3v) is 4.57. The number of nitrogens with zero attached hydrogens (tertiary/aromatic N) is 5. The molecule has 3 aromatic heterocycles. The molecule has 0 saturated carbocycles. The summed E-state index contributed by atoms with van der Waals surface area (Å²) in [5.74, 6) is 2.49. The van der Waals surface area contributed by atoms with Gasteiger partial charge in [0, 0.05) is 56.3 Å². The van der Waals surface area contributed by atoms with Crippen molar-refractivity contribution in [1.29, 1.82) is 0 Å². The third-order valence-electron chi connectivity index (χ3n) is 4.57. The van der Waals surface area contributed by atoms with Gasteiger partial charge in [0.05, 0.1) is 13.2 Å². The molecule has 0 unspecified atom stereocenters. The Balaban J connectivity index is 1.28. The van der Waals surface area contributed by atoms with E-state index in [9.17, 15) is 4.79 Å². The summed E-state index contributed by atoms with van der Waals surface area (Å²) in [4.78, 5) is 27.4. The number of amides is 1. The normalized spacial score (nSPS) is 13.8. The molecule has 10 heteroatoms. The van der Waals surface area contributed by atoms with Gasteiger partial charge in [-0.05, 0) is 19.1 Å². The number of aromatic nitrogens is 4. The average molecular weight is 409 g/mol. The van der Waals surface area contributed by atoms with Gasteiger partial charge in [-0.25, -0.2) is 9.97 Å². The van der Waals surface area contributed by atoms with Crippen LogP contribution in [0, 0.1) is 6.92 Å². The summed E-state index contributed by atoms with van der Waals surface area (Å²) in [5.41, 5.74) is 0.988. The van der Waals surface area contributed by atoms with Crippen molar-refractivity contribution >= 4 is 17.5 Å². The summed E-state index contributed by atoms with van der Waals surface area (Å²) in [7, 11) is 0. The molecule has 1 aliphatic rings. The lowest BCUT2D eigenvalue weighted by molar-refractivity contribution is 0.0946. The molecule has 3 aromatic rings. The summed E-state index contributed by atoms with van der Waals surface area (Å²) in [6.07, 6.45) is 3.32. The zero-order chi connectivity index (χ0) is 20.8. The topological polar surface area (TPSA) is 118 Å². The SMILES string of the molecule is Cc1nc(NCCNC(=O)c2cc(-c3cccnc3)on2)cc(N2CCOCC2)n1. The van der Waals surface area contributed by atoms with Gasteiger partial charge < -0.3 is 24.8 Å². The van der Waals surface area contributed by atoms with E-state index in [2.05, 4.69) is 35.6 Å². The van der Waals surface area contributed by atoms with Gasteiger partial charge in [0.2, 0.25) is 0 Å². The Hall–Kier alpha value is -3.53. The molecule has 0 radical (unpaired) electrons. The standard InChI is InChI=1S/C20H23N7O3/c1-14-24-18(12-19(25-14)27-7-9-29-10-8-27)22-5-6-23-20(28)16-11-17(30-26-16)15-3-2-4-21-13-15/h2-4,11-13H,5-10H2,1H3,(H,23,28)(H,22,24,25). The van der Waals surface area contributed by atoms with Crippen LogP contribution in [0.15, 0.2) is 41.2 Å². The van der Waals surface area contributed by atoms with E-state index in [0.29, 0.717) is 37.9 Å². The first-order valence-electron chi connectivity index (χ1n) is 9.76. The van der Waals surface area contributed by atoms with E-state index in [1.807, 2.05) is 19.1 Å². The van der Waals surface area contributed by atoms with E-state index in [1.54, 1.807) is 24.5 Å². The molecule has 156 valence electrons. The molecule has 1 saturated heterocycles. The average Bonchev–Trinajstić information content (AvgIpc) is 3.28. The lowest BCUT2D eigenvalue weighted by Crippen LogP contribution is -2.37. The largest absolute Gasteiger partial charge is 0.378 e. The molecule has 1 fully saturated rings. The maximum atomic E-state index is 12.3. The number of carbonyl (C=O) groups excluding carboxylic acids is 1. The summed E-state index contributed by atoms with van der Waals surface area (Å²) in [6, 6.07) is 7.15. The van der Waals surface area contributed by atoms with Gasteiger partial charge in [-0.15, -0.1) is 0 Å². The van der Waals surface area contributed by atoms with Gasteiger partial charge in [-0.2, -0.15) is 0 Å². The molecule has 0 bridgehead atoms. The second-order valence-corrected chi connectivity index (χ2v) is 6.76. The van der Waals surface area contributed by atoms with Crippen molar-refractivity contribution in [1.82, 2.24) is 25.4 Å². The molecular formula is C20H23N7O3. The zero-order valence-electron chi connectivity index (χ0n) is 16.7. The van der Waals surface area contributed by atoms with Gasteiger partial charge in [-0.3, -0.25) is 9.78 Å². The van der Waals surface area contributed by atoms with Crippen LogP contribution in [0.5, 0.6) is 0 Å². The molecule has 0 atom stereocenters. The molecule has 10 nitrogen and oxygen atoms in total. The van der Waals surface area contributed by atoms with Crippen molar-refractivity contribution in [2.45, 2.75) is 6.92 Å². The smallest absolute Gasteiger partial charge is 0.273 e. The molecule has 0 spiro atoms. The molecule has 1 aliphatic heterocycles. The number of hydrogen-bond acceptors (Lipinski definition) is 9. The van der Waals surface area contributed by atoms with E-state index in [4.69, 9.17) is 9.26 Å². The van der Waals surface area contributed by atoms with E-state index in [0.717, 1.165) is 30.3 Å². The predicted octanol–water partition coefficient (Wildman–Crippen LogP) is 1.51. The van der Waals surface area contributed by atoms with Crippen molar-refractivity contribution in [3.05, 3.63) is 48.2 Å². The summed E-state index contributed by atoms with van der Waals surface area (Å²) in [6.45, 7) is 5.80. The summed E-state index contributed by atoms with van der Waals surface area (Å²) >= 11 is 0. The fraction of sp³-hybridized carbons (Fsp3) is 0.350. The maximum absolute atomic E-state index is 12.3. The molecule has 30 heavy (non-hydrogen) atoms. The molecule has 4 rings (SSSR count). The number of morpholine rings is 1. The molecule has 2 N–H and O–H groups in total. The van der Waals surface area contributed by atoms with E-state index >= 15 is 0 Å². The van der Waals surface area contributed by atoms with E-state index in [1.165, 1.54) is 0 Å². The minimum Gasteiger partial charge on any atom is -0.378 e. The van der Waals surface area contributed by atoms with Crippen molar-refractivity contribution in [2.75, 3.05) is 49.6 Å². The van der Waals surface area contributed by atoms with Crippen LogP contribution >= 0.6 is 0 Å². The number of carbonyl (C=O) groups is 1. The number of nitrogens with one attached hydrogen (secondary N) is 2. The molecule has 1 amide bonds. The van der Waals surface area contributed by atoms with Crippen LogP contribution in [-0.2, 0) is 4.74 Å². The quantitative estimate of drug-likeness (QED) is 0.560. The Labute approximate surface area is 173 Å². The second kappa shape index (κ2) is 9.31. The molecular weight excluding hydrogens is 386 g/mol. The van der Waals surface area contributed by atoms with Crippen LogP contribution < -0.4 is 15.5 Å². The Morgan fingerprint density at radius 3 is 2.87 bits per heavy atom. The zero-order valence-corrected chi connectivity index (χ0v) is 16.7. The highest BCUT2D eigenvalue weighted by molar-refractivity contribution is 5.93. The van der Waals surface area contributed by atoms with Gasteiger partial charge in [0.15, 0.2) is 11.5 Å². The minimum absolute atomic E-state index is 0.223. The summed E-state index contributed by atoms with van der Waals surface area (Å²) in [5, 5.41) is 9.88. The lowest BCUT2D eigenvalue weighted by atomic mass is 10.2. The molecule has 4 heterocycles. The highest BCUT2D eigenvalue weighted by Gasteiger charge is 2.15. The van der Waals surface area contributed by atoms with Crippen LogP contribution in [0.2, 0.25) is 0 Å². The van der Waals surface area contributed by atoms with Crippen molar-refractivity contribution < 1.29 is 14.1 Å². The second-order valence-electron chi connectivity index (χ2n) is 6.76. The number of rotatable bonds is 7. The van der Waals surface area contributed by atoms with Crippen molar-refractivity contribution in [2.24, 2.45) is 0 Å². The number of ether oxygens (including phenoxy) is 1. The number of aryl methyl sites for hydroxylation is 1. The van der Waals surface area contributed by atoms with Gasteiger partial charge >= 0.3 is 0 Å². The highest BCUT2D eigenvalue weighted by Crippen LogP contribution is 2.19. The van der Waals surface area contributed by atoms with Crippen LogP contribution in [-0.4, -0.2) is 65.4 Å². The first-order valence-corrected chi connectivity index (χ1v) is 9.76. The lowest BCUT2D eigenvalue weighted by Gasteiger charge is -2.28. The summed E-state index contributed by atoms with van der Waals surface area (Å²) < 4.78 is 10.6. The fourth-order valence-corrected chi connectivity index (χ4v) is 3.08. The Morgan fingerprint density at radius 1 is 1.20 bits per heavy atom. The monoisotopic (exact) mass is 409 g/mol. The van der Waals surface area contributed by atoms with Gasteiger partial charge in [0.1, 0.15) is 17.5 Å². The minimum atomic E-state index is -0.302. The van der Waals surface area contributed by atoms with Crippen molar-refractivity contribution in [3.8, 4) is 11.3 Å². The van der Waals surface area contributed by atoms with E-state index in [-0.39, 0.29) is 11.6 Å². The first-order chi connectivity index (χ1) is 14.7. The number of pyridine rings is 1. The Bertz CT molecular complexity index is 987. The predicted molar refractivity (Wildman–Crippen MR) is 110 cm³/mol. The van der Waals surface area contributed by atoms with Gasteiger partial charge in [0.25, 0.3) is 5.91 Å². The molecule has 0 aromatic carbocycles.